The highest BCUT2D eigenvalue weighted by atomic mass is 79.9. The number of carbonyl (C=O) groups excluding carboxylic acids is 1. The van der Waals surface area contributed by atoms with E-state index < -0.39 is 0 Å². The quantitative estimate of drug-likeness (QED) is 0.733. The summed E-state index contributed by atoms with van der Waals surface area (Å²) in [5.74, 6) is 0.743. The lowest BCUT2D eigenvalue weighted by molar-refractivity contribution is -0.119. The van der Waals surface area contributed by atoms with E-state index in [0.717, 1.165) is 14.9 Å². The number of hydrogen-bond donors (Lipinski definition) is 2. The third-order valence-electron chi connectivity index (χ3n) is 3.09. The number of carbonyl (C=O) groups is 1. The van der Waals surface area contributed by atoms with Crippen molar-refractivity contribution < 1.29 is 9.90 Å². The first-order valence-corrected chi connectivity index (χ1v) is 8.51. The number of hydrogen-bond acceptors (Lipinski definition) is 3. The van der Waals surface area contributed by atoms with Crippen LogP contribution in [0.1, 0.15) is 25.8 Å². The van der Waals surface area contributed by atoms with Crippen LogP contribution in [0.5, 0.6) is 0 Å². The lowest BCUT2D eigenvalue weighted by Gasteiger charge is -2.21. The normalized spacial score (nSPS) is 12.5. The highest BCUT2D eigenvalue weighted by molar-refractivity contribution is 9.10. The third-order valence-corrected chi connectivity index (χ3v) is 4.76. The lowest BCUT2D eigenvalue weighted by Crippen LogP contribution is -2.40. The predicted octanol–water partition coefficient (Wildman–Crippen LogP) is 3.37. The van der Waals surface area contributed by atoms with Crippen LogP contribution in [0, 0.1) is 12.8 Å². The second kappa shape index (κ2) is 8.70. The van der Waals surface area contributed by atoms with Crippen LogP contribution in [0.4, 0.5) is 0 Å². The first-order chi connectivity index (χ1) is 9.43. The minimum Gasteiger partial charge on any atom is -0.396 e. The Balaban J connectivity index is 2.50. The van der Waals surface area contributed by atoms with Gasteiger partial charge < -0.3 is 10.4 Å². The van der Waals surface area contributed by atoms with Crippen LogP contribution < -0.4 is 5.32 Å². The summed E-state index contributed by atoms with van der Waals surface area (Å²) < 4.78 is 1.05. The van der Waals surface area contributed by atoms with Crippen LogP contribution in [0.2, 0.25) is 0 Å². The number of thioether (sulfide) groups is 1. The summed E-state index contributed by atoms with van der Waals surface area (Å²) in [6.07, 6.45) is 0.603. The van der Waals surface area contributed by atoms with Crippen LogP contribution in [-0.2, 0) is 4.79 Å². The molecule has 112 valence electrons. The number of halogens is 1. The van der Waals surface area contributed by atoms with Gasteiger partial charge in [0.2, 0.25) is 5.91 Å². The van der Waals surface area contributed by atoms with Gasteiger partial charge in [0.05, 0.1) is 5.75 Å². The first-order valence-electron chi connectivity index (χ1n) is 6.73. The number of aryl methyl sites for hydroxylation is 1. The summed E-state index contributed by atoms with van der Waals surface area (Å²) in [5.41, 5.74) is 1.16. The molecule has 0 saturated carbocycles. The largest absolute Gasteiger partial charge is 0.396 e. The fraction of sp³-hybridized carbons (Fsp3) is 0.533. The van der Waals surface area contributed by atoms with Gasteiger partial charge >= 0.3 is 0 Å². The Labute approximate surface area is 133 Å². The molecule has 0 aromatic heterocycles. The molecule has 2 N–H and O–H groups in total. The van der Waals surface area contributed by atoms with E-state index in [1.54, 1.807) is 11.8 Å². The number of nitrogens with one attached hydrogen (secondary N) is 1. The summed E-state index contributed by atoms with van der Waals surface area (Å²) in [7, 11) is 0. The minimum atomic E-state index is 0.0180. The van der Waals surface area contributed by atoms with Crippen LogP contribution >= 0.6 is 27.7 Å². The SMILES string of the molecule is Cc1cc(Br)ccc1SCC(=O)NC(CCO)C(C)C. The van der Waals surface area contributed by atoms with Gasteiger partial charge in [-0.2, -0.15) is 0 Å². The number of benzene rings is 1. The standard InChI is InChI=1S/C15H22BrNO2S/c1-10(2)13(6-7-18)17-15(19)9-20-14-5-4-12(16)8-11(14)3/h4-5,8,10,13,18H,6-7,9H2,1-3H3,(H,17,19). The molecule has 0 fully saturated rings. The van der Waals surface area contributed by atoms with Crippen molar-refractivity contribution in [1.29, 1.82) is 0 Å². The topological polar surface area (TPSA) is 49.3 Å². The fourth-order valence-corrected chi connectivity index (χ4v) is 3.17. The average Bonchev–Trinajstić information content (AvgIpc) is 2.37. The van der Waals surface area contributed by atoms with E-state index in [0.29, 0.717) is 18.1 Å². The van der Waals surface area contributed by atoms with Crippen LogP contribution in [-0.4, -0.2) is 29.4 Å². The van der Waals surface area contributed by atoms with Gasteiger partial charge in [-0.1, -0.05) is 29.8 Å². The van der Waals surface area contributed by atoms with Crippen LogP contribution in [0.3, 0.4) is 0 Å². The molecule has 0 aliphatic carbocycles. The lowest BCUT2D eigenvalue weighted by atomic mass is 10.0. The highest BCUT2D eigenvalue weighted by Gasteiger charge is 2.15. The summed E-state index contributed by atoms with van der Waals surface area (Å²) in [6.45, 7) is 6.23. The van der Waals surface area contributed by atoms with E-state index in [1.807, 2.05) is 39.0 Å². The number of aliphatic hydroxyl groups is 1. The number of aliphatic hydroxyl groups excluding tert-OH is 1. The maximum atomic E-state index is 12.0. The molecular formula is C15H22BrNO2S. The number of amides is 1. The molecule has 5 heteroatoms. The zero-order chi connectivity index (χ0) is 15.1. The molecule has 1 rings (SSSR count). The van der Waals surface area contributed by atoms with Gasteiger partial charge in [0.1, 0.15) is 0 Å². The van der Waals surface area contributed by atoms with Crippen molar-refractivity contribution >= 4 is 33.6 Å². The molecule has 1 atom stereocenters. The Kier molecular flexibility index (Phi) is 7.62. The molecule has 1 aromatic carbocycles. The molecule has 0 spiro atoms. The third kappa shape index (κ3) is 5.85. The van der Waals surface area contributed by atoms with Crippen molar-refractivity contribution in [2.75, 3.05) is 12.4 Å². The van der Waals surface area contributed by atoms with Crippen molar-refractivity contribution in [3.63, 3.8) is 0 Å². The summed E-state index contributed by atoms with van der Waals surface area (Å²) >= 11 is 4.97. The zero-order valence-corrected chi connectivity index (χ0v) is 14.6. The Morgan fingerprint density at radius 1 is 1.45 bits per heavy atom. The minimum absolute atomic E-state index is 0.0180. The molecule has 20 heavy (non-hydrogen) atoms. The summed E-state index contributed by atoms with van der Waals surface area (Å²) in [5, 5.41) is 12.0. The summed E-state index contributed by atoms with van der Waals surface area (Å²) in [4.78, 5) is 13.1. The van der Waals surface area contributed by atoms with Gasteiger partial charge in [0, 0.05) is 22.0 Å². The van der Waals surface area contributed by atoms with Gasteiger partial charge in [-0.3, -0.25) is 4.79 Å². The maximum absolute atomic E-state index is 12.0. The van der Waals surface area contributed by atoms with Gasteiger partial charge in [0.25, 0.3) is 0 Å². The zero-order valence-electron chi connectivity index (χ0n) is 12.1. The molecule has 0 aliphatic rings. The molecule has 0 aliphatic heterocycles. The van der Waals surface area contributed by atoms with Crippen LogP contribution in [0.15, 0.2) is 27.6 Å². The fourth-order valence-electron chi connectivity index (χ4n) is 1.88. The van der Waals surface area contributed by atoms with E-state index >= 15 is 0 Å². The maximum Gasteiger partial charge on any atom is 0.230 e. The van der Waals surface area contributed by atoms with Crippen LogP contribution in [0.25, 0.3) is 0 Å². The smallest absolute Gasteiger partial charge is 0.230 e. The van der Waals surface area contributed by atoms with Gasteiger partial charge in [0.15, 0.2) is 0 Å². The molecule has 0 saturated heterocycles. The second-order valence-electron chi connectivity index (χ2n) is 5.13. The summed E-state index contributed by atoms with van der Waals surface area (Å²) in [6, 6.07) is 6.09. The van der Waals surface area contributed by atoms with E-state index in [1.165, 1.54) is 0 Å². The number of rotatable bonds is 7. The Morgan fingerprint density at radius 3 is 2.70 bits per heavy atom. The van der Waals surface area contributed by atoms with Crippen molar-refractivity contribution in [2.24, 2.45) is 5.92 Å². The van der Waals surface area contributed by atoms with E-state index in [4.69, 9.17) is 5.11 Å². The van der Waals surface area contributed by atoms with Crippen molar-refractivity contribution in [3.05, 3.63) is 28.2 Å². The molecule has 0 bridgehead atoms. The van der Waals surface area contributed by atoms with Crippen molar-refractivity contribution in [2.45, 2.75) is 38.1 Å². The molecule has 0 radical (unpaired) electrons. The van der Waals surface area contributed by atoms with E-state index in [9.17, 15) is 4.79 Å². The molecule has 1 unspecified atom stereocenters. The Bertz CT molecular complexity index is 451. The first kappa shape index (κ1) is 17.5. The Morgan fingerprint density at radius 2 is 2.15 bits per heavy atom. The molecular weight excluding hydrogens is 338 g/mol. The molecule has 0 heterocycles. The van der Waals surface area contributed by atoms with Gasteiger partial charge in [-0.15, -0.1) is 11.8 Å². The average molecular weight is 360 g/mol. The second-order valence-corrected chi connectivity index (χ2v) is 7.06. The Hall–Kier alpha value is -0.520. The van der Waals surface area contributed by atoms with E-state index in [-0.39, 0.29) is 18.6 Å². The molecule has 3 nitrogen and oxygen atoms in total. The van der Waals surface area contributed by atoms with Crippen molar-refractivity contribution in [3.8, 4) is 0 Å². The van der Waals surface area contributed by atoms with E-state index in [2.05, 4.69) is 21.2 Å². The monoisotopic (exact) mass is 359 g/mol. The van der Waals surface area contributed by atoms with Gasteiger partial charge in [-0.25, -0.2) is 0 Å². The molecule has 1 amide bonds. The van der Waals surface area contributed by atoms with Crippen molar-refractivity contribution in [1.82, 2.24) is 5.32 Å². The predicted molar refractivity (Wildman–Crippen MR) is 88.1 cm³/mol. The molecule has 1 aromatic rings. The van der Waals surface area contributed by atoms with Gasteiger partial charge in [-0.05, 0) is 43.0 Å². The highest BCUT2D eigenvalue weighted by Crippen LogP contribution is 2.25.